The number of nitrogens with one attached hydrogen (secondary N) is 1. The Morgan fingerprint density at radius 3 is 2.47 bits per heavy atom. The van der Waals surface area contributed by atoms with Crippen molar-refractivity contribution in [2.45, 2.75) is 19.8 Å². The quantitative estimate of drug-likeness (QED) is 0.759. The fourth-order valence-corrected chi connectivity index (χ4v) is 1.30. The second-order valence-corrected chi connectivity index (χ2v) is 3.49. The van der Waals surface area contributed by atoms with Gasteiger partial charge in [0.05, 0.1) is 0 Å². The molecular weight excluding hydrogens is 216 g/mol. The molecule has 4 heteroatoms. The molecule has 0 fully saturated rings. The predicted molar refractivity (Wildman–Crippen MR) is 66.0 cm³/mol. The number of amides is 2. The molecule has 0 bridgehead atoms. The van der Waals surface area contributed by atoms with E-state index in [-0.39, 0.29) is 11.8 Å². The minimum Gasteiger partial charge on any atom is -0.370 e. The molecule has 88 valence electrons. The van der Waals surface area contributed by atoms with Crippen LogP contribution in [0, 0.1) is 11.8 Å². The number of carbonyl (C=O) groups excluding carboxylic acids is 2. The molecule has 0 spiro atoms. The SMILES string of the molecule is CC#CC(=O)Nc1ccc(CCC(N)=O)cc1. The summed E-state index contributed by atoms with van der Waals surface area (Å²) in [4.78, 5) is 21.8. The zero-order chi connectivity index (χ0) is 12.7. The van der Waals surface area contributed by atoms with Crippen LogP contribution < -0.4 is 11.1 Å². The summed E-state index contributed by atoms with van der Waals surface area (Å²) < 4.78 is 0. The molecule has 0 aromatic heterocycles. The maximum absolute atomic E-state index is 11.2. The van der Waals surface area contributed by atoms with Crippen LogP contribution in [0.15, 0.2) is 24.3 Å². The topological polar surface area (TPSA) is 72.2 Å². The van der Waals surface area contributed by atoms with Gasteiger partial charge in [0.2, 0.25) is 5.91 Å². The molecule has 0 aliphatic carbocycles. The van der Waals surface area contributed by atoms with E-state index in [1.807, 2.05) is 12.1 Å². The molecule has 0 atom stereocenters. The molecule has 4 nitrogen and oxygen atoms in total. The Balaban J connectivity index is 2.57. The first-order valence-electron chi connectivity index (χ1n) is 5.23. The van der Waals surface area contributed by atoms with E-state index in [0.717, 1.165) is 5.56 Å². The van der Waals surface area contributed by atoms with E-state index in [0.29, 0.717) is 18.5 Å². The Kier molecular flexibility index (Phi) is 4.77. The highest BCUT2D eigenvalue weighted by Crippen LogP contribution is 2.10. The van der Waals surface area contributed by atoms with Crippen LogP contribution in [0.5, 0.6) is 0 Å². The zero-order valence-corrected chi connectivity index (χ0v) is 9.62. The van der Waals surface area contributed by atoms with Gasteiger partial charge in [-0.2, -0.15) is 0 Å². The molecule has 2 amide bonds. The largest absolute Gasteiger partial charge is 0.370 e. The van der Waals surface area contributed by atoms with Crippen LogP contribution in [-0.4, -0.2) is 11.8 Å². The smallest absolute Gasteiger partial charge is 0.300 e. The van der Waals surface area contributed by atoms with E-state index in [1.54, 1.807) is 19.1 Å². The third-order valence-electron chi connectivity index (χ3n) is 2.11. The van der Waals surface area contributed by atoms with Gasteiger partial charge < -0.3 is 11.1 Å². The molecule has 17 heavy (non-hydrogen) atoms. The maximum Gasteiger partial charge on any atom is 0.300 e. The number of benzene rings is 1. The molecule has 0 aliphatic rings. The normalized spacial score (nSPS) is 9.00. The third-order valence-corrected chi connectivity index (χ3v) is 2.11. The van der Waals surface area contributed by atoms with Gasteiger partial charge >= 0.3 is 0 Å². The van der Waals surface area contributed by atoms with E-state index in [2.05, 4.69) is 17.2 Å². The molecule has 0 saturated heterocycles. The molecule has 3 N–H and O–H groups in total. The fraction of sp³-hybridized carbons (Fsp3) is 0.231. The van der Waals surface area contributed by atoms with Crippen LogP contribution in [0.1, 0.15) is 18.9 Å². The monoisotopic (exact) mass is 230 g/mol. The van der Waals surface area contributed by atoms with Crippen molar-refractivity contribution >= 4 is 17.5 Å². The number of primary amides is 1. The Morgan fingerprint density at radius 1 is 1.29 bits per heavy atom. The van der Waals surface area contributed by atoms with Crippen molar-refractivity contribution in [3.05, 3.63) is 29.8 Å². The van der Waals surface area contributed by atoms with Gasteiger partial charge in [-0.25, -0.2) is 0 Å². The molecule has 0 saturated carbocycles. The van der Waals surface area contributed by atoms with Gasteiger partial charge in [-0.1, -0.05) is 18.1 Å². The molecular formula is C13H14N2O2. The molecule has 0 radical (unpaired) electrons. The number of hydrogen-bond acceptors (Lipinski definition) is 2. The highest BCUT2D eigenvalue weighted by molar-refractivity contribution is 6.03. The van der Waals surface area contributed by atoms with Crippen molar-refractivity contribution in [1.82, 2.24) is 0 Å². The molecule has 1 rings (SSSR count). The van der Waals surface area contributed by atoms with Gasteiger partial charge in [-0.15, -0.1) is 0 Å². The standard InChI is InChI=1S/C13H14N2O2/c1-2-3-13(17)15-11-7-4-10(5-8-11)6-9-12(14)16/h4-5,7-8H,6,9H2,1H3,(H2,14,16)(H,15,17). The van der Waals surface area contributed by atoms with Gasteiger partial charge in [0, 0.05) is 12.1 Å². The summed E-state index contributed by atoms with van der Waals surface area (Å²) in [5, 5.41) is 2.63. The lowest BCUT2D eigenvalue weighted by molar-refractivity contribution is -0.118. The Morgan fingerprint density at radius 2 is 1.94 bits per heavy atom. The van der Waals surface area contributed by atoms with Crippen molar-refractivity contribution < 1.29 is 9.59 Å². The van der Waals surface area contributed by atoms with E-state index in [9.17, 15) is 9.59 Å². The minimum absolute atomic E-state index is 0.319. The summed E-state index contributed by atoms with van der Waals surface area (Å²) in [7, 11) is 0. The van der Waals surface area contributed by atoms with Gasteiger partial charge in [-0.05, 0) is 37.0 Å². The number of aryl methyl sites for hydroxylation is 1. The van der Waals surface area contributed by atoms with Crippen LogP contribution in [-0.2, 0) is 16.0 Å². The van der Waals surface area contributed by atoms with Crippen LogP contribution in [0.4, 0.5) is 5.69 Å². The van der Waals surface area contributed by atoms with E-state index in [4.69, 9.17) is 5.73 Å². The van der Waals surface area contributed by atoms with Gasteiger partial charge in [0.1, 0.15) is 0 Å². The molecule has 1 aromatic carbocycles. The second-order valence-electron chi connectivity index (χ2n) is 3.49. The summed E-state index contributed by atoms with van der Waals surface area (Å²) in [6.45, 7) is 1.60. The van der Waals surface area contributed by atoms with Gasteiger partial charge in [0.25, 0.3) is 5.91 Å². The van der Waals surface area contributed by atoms with E-state index < -0.39 is 0 Å². The Bertz CT molecular complexity index is 466. The lowest BCUT2D eigenvalue weighted by atomic mass is 10.1. The first kappa shape index (κ1) is 12.8. The highest BCUT2D eigenvalue weighted by Gasteiger charge is 2.00. The first-order chi connectivity index (χ1) is 8.11. The summed E-state index contributed by atoms with van der Waals surface area (Å²) in [6, 6.07) is 7.23. The lowest BCUT2D eigenvalue weighted by Crippen LogP contribution is -2.11. The lowest BCUT2D eigenvalue weighted by Gasteiger charge is -2.03. The number of rotatable bonds is 4. The number of carbonyl (C=O) groups is 2. The summed E-state index contributed by atoms with van der Waals surface area (Å²) in [5.41, 5.74) is 6.74. The summed E-state index contributed by atoms with van der Waals surface area (Å²) in [6.07, 6.45) is 0.936. The van der Waals surface area contributed by atoms with Crippen LogP contribution >= 0.6 is 0 Å². The highest BCUT2D eigenvalue weighted by atomic mass is 16.1. The number of hydrogen-bond donors (Lipinski definition) is 2. The maximum atomic E-state index is 11.2. The van der Waals surface area contributed by atoms with Crippen molar-refractivity contribution in [2.24, 2.45) is 5.73 Å². The molecule has 0 heterocycles. The molecule has 1 aromatic rings. The van der Waals surface area contributed by atoms with Crippen molar-refractivity contribution in [1.29, 1.82) is 0 Å². The number of anilines is 1. The summed E-state index contributed by atoms with van der Waals surface area (Å²) >= 11 is 0. The van der Waals surface area contributed by atoms with E-state index in [1.165, 1.54) is 0 Å². The van der Waals surface area contributed by atoms with Crippen LogP contribution in [0.2, 0.25) is 0 Å². The van der Waals surface area contributed by atoms with Gasteiger partial charge in [0.15, 0.2) is 0 Å². The number of nitrogens with two attached hydrogens (primary N) is 1. The van der Waals surface area contributed by atoms with Gasteiger partial charge in [-0.3, -0.25) is 9.59 Å². The summed E-state index contributed by atoms with van der Waals surface area (Å²) in [5.74, 6) is 4.25. The Labute approximate surface area is 100 Å². The molecule has 0 aliphatic heterocycles. The average molecular weight is 230 g/mol. The second kappa shape index (κ2) is 6.33. The van der Waals surface area contributed by atoms with Crippen molar-refractivity contribution in [3.63, 3.8) is 0 Å². The Hall–Kier alpha value is -2.28. The minimum atomic E-state index is -0.336. The van der Waals surface area contributed by atoms with Crippen molar-refractivity contribution in [3.8, 4) is 11.8 Å². The van der Waals surface area contributed by atoms with Crippen molar-refractivity contribution in [2.75, 3.05) is 5.32 Å². The van der Waals surface area contributed by atoms with Crippen LogP contribution in [0.3, 0.4) is 0 Å². The first-order valence-corrected chi connectivity index (χ1v) is 5.23. The zero-order valence-electron chi connectivity index (χ0n) is 9.62. The predicted octanol–water partition coefficient (Wildman–Crippen LogP) is 1.07. The average Bonchev–Trinajstić information content (AvgIpc) is 2.28. The molecule has 0 unspecified atom stereocenters. The van der Waals surface area contributed by atoms with Crippen LogP contribution in [0.25, 0.3) is 0 Å². The third kappa shape index (κ3) is 4.85. The van der Waals surface area contributed by atoms with E-state index >= 15 is 0 Å². The fourth-order valence-electron chi connectivity index (χ4n) is 1.30.